The summed E-state index contributed by atoms with van der Waals surface area (Å²) < 4.78 is 20.4. The first-order valence-electron chi connectivity index (χ1n) is 8.74. The lowest BCUT2D eigenvalue weighted by molar-refractivity contribution is -0.145. The van der Waals surface area contributed by atoms with Gasteiger partial charge in [0.1, 0.15) is 6.61 Å². The Hall–Kier alpha value is -2.36. The van der Waals surface area contributed by atoms with E-state index in [0.717, 1.165) is 24.8 Å². The van der Waals surface area contributed by atoms with Crippen LogP contribution < -0.4 is 4.74 Å². The van der Waals surface area contributed by atoms with Crippen LogP contribution in [0.5, 0.6) is 5.75 Å². The first-order valence-corrected chi connectivity index (χ1v) is 8.74. The Morgan fingerprint density at radius 1 is 1.16 bits per heavy atom. The maximum absolute atomic E-state index is 14.7. The summed E-state index contributed by atoms with van der Waals surface area (Å²) in [6.07, 6.45) is 3.88. The smallest absolute Gasteiger partial charge is 0.314 e. The molecule has 25 heavy (non-hydrogen) atoms. The van der Waals surface area contributed by atoms with Gasteiger partial charge in [0.05, 0.1) is 5.41 Å². The molecule has 1 fully saturated rings. The van der Waals surface area contributed by atoms with E-state index >= 15 is 0 Å². The number of aliphatic carboxylic acids is 1. The minimum absolute atomic E-state index is 0.198. The molecule has 0 aliphatic heterocycles. The molecule has 0 unspecified atom stereocenters. The molecule has 4 heteroatoms. The van der Waals surface area contributed by atoms with E-state index in [1.807, 2.05) is 30.3 Å². The number of ether oxygens (including phenoxy) is 1. The summed E-state index contributed by atoms with van der Waals surface area (Å²) in [4.78, 5) is 11.9. The van der Waals surface area contributed by atoms with Crippen LogP contribution in [-0.2, 0) is 16.8 Å². The van der Waals surface area contributed by atoms with Crippen molar-refractivity contribution in [3.8, 4) is 5.75 Å². The highest BCUT2D eigenvalue weighted by molar-refractivity contribution is 5.81. The highest BCUT2D eigenvalue weighted by Crippen LogP contribution is 2.41. The van der Waals surface area contributed by atoms with Crippen LogP contribution in [0.1, 0.15) is 48.8 Å². The molecular formula is C21H23FO3. The second-order valence-electron chi connectivity index (χ2n) is 6.83. The lowest BCUT2D eigenvalue weighted by Gasteiger charge is -2.34. The first kappa shape index (κ1) is 17.5. The van der Waals surface area contributed by atoms with Crippen molar-refractivity contribution >= 4 is 5.97 Å². The second-order valence-corrected chi connectivity index (χ2v) is 6.83. The molecule has 0 heterocycles. The highest BCUT2D eigenvalue weighted by atomic mass is 19.1. The highest BCUT2D eigenvalue weighted by Gasteiger charge is 2.42. The predicted octanol–water partition coefficient (Wildman–Crippen LogP) is 5.00. The minimum atomic E-state index is -0.970. The number of rotatable bonds is 5. The SMILES string of the molecule is Cc1cc(C2(C(=O)O)CCCCC2)cc(F)c1OCc1ccccc1. The van der Waals surface area contributed by atoms with Gasteiger partial charge in [-0.15, -0.1) is 0 Å². The Morgan fingerprint density at radius 2 is 1.84 bits per heavy atom. The van der Waals surface area contributed by atoms with Crippen LogP contribution in [0.25, 0.3) is 0 Å². The van der Waals surface area contributed by atoms with Gasteiger partial charge in [-0.3, -0.25) is 4.79 Å². The van der Waals surface area contributed by atoms with Gasteiger partial charge in [0.2, 0.25) is 0 Å². The Morgan fingerprint density at radius 3 is 2.44 bits per heavy atom. The number of carbonyl (C=O) groups is 1. The zero-order valence-corrected chi connectivity index (χ0v) is 14.4. The minimum Gasteiger partial charge on any atom is -0.486 e. The van der Waals surface area contributed by atoms with Gasteiger partial charge < -0.3 is 9.84 Å². The Labute approximate surface area is 147 Å². The van der Waals surface area contributed by atoms with Crippen LogP contribution in [0, 0.1) is 12.7 Å². The standard InChI is InChI=1S/C21H23FO3/c1-15-12-17(21(20(23)24)10-6-3-7-11-21)13-18(22)19(15)25-14-16-8-4-2-5-9-16/h2,4-5,8-9,12-13H,3,6-7,10-11,14H2,1H3,(H,23,24). The number of hydrogen-bond acceptors (Lipinski definition) is 2. The molecule has 0 bridgehead atoms. The molecule has 3 nitrogen and oxygen atoms in total. The van der Waals surface area contributed by atoms with E-state index in [0.29, 0.717) is 24.0 Å². The van der Waals surface area contributed by atoms with Crippen molar-refractivity contribution in [2.75, 3.05) is 0 Å². The zero-order valence-electron chi connectivity index (χ0n) is 14.4. The van der Waals surface area contributed by atoms with E-state index in [-0.39, 0.29) is 12.4 Å². The maximum atomic E-state index is 14.7. The van der Waals surface area contributed by atoms with Crippen molar-refractivity contribution in [2.45, 2.75) is 51.0 Å². The molecule has 132 valence electrons. The van der Waals surface area contributed by atoms with E-state index in [2.05, 4.69) is 0 Å². The summed E-state index contributed by atoms with van der Waals surface area (Å²) in [5.41, 5.74) is 1.18. The Balaban J connectivity index is 1.88. The van der Waals surface area contributed by atoms with Gasteiger partial charge in [-0.25, -0.2) is 4.39 Å². The van der Waals surface area contributed by atoms with Crippen LogP contribution in [-0.4, -0.2) is 11.1 Å². The molecule has 0 saturated heterocycles. The normalized spacial score (nSPS) is 16.4. The number of carboxylic acids is 1. The van der Waals surface area contributed by atoms with E-state index in [4.69, 9.17) is 4.74 Å². The zero-order chi connectivity index (χ0) is 17.9. The molecule has 0 aromatic heterocycles. The summed E-state index contributed by atoms with van der Waals surface area (Å²) >= 11 is 0. The van der Waals surface area contributed by atoms with Crippen LogP contribution in [0.3, 0.4) is 0 Å². The van der Waals surface area contributed by atoms with E-state index in [1.165, 1.54) is 6.07 Å². The van der Waals surface area contributed by atoms with Crippen molar-refractivity contribution in [3.05, 3.63) is 65.0 Å². The summed E-state index contributed by atoms with van der Waals surface area (Å²) in [5.74, 6) is -1.15. The quantitative estimate of drug-likeness (QED) is 0.832. The molecule has 0 radical (unpaired) electrons. The molecule has 1 aliphatic carbocycles. The lowest BCUT2D eigenvalue weighted by Crippen LogP contribution is -2.38. The van der Waals surface area contributed by atoms with Gasteiger partial charge >= 0.3 is 5.97 Å². The van der Waals surface area contributed by atoms with Crippen molar-refractivity contribution in [3.63, 3.8) is 0 Å². The summed E-state index contributed by atoms with van der Waals surface area (Å²) in [6, 6.07) is 12.7. The molecular weight excluding hydrogens is 319 g/mol. The lowest BCUT2D eigenvalue weighted by atomic mass is 9.69. The average Bonchev–Trinajstić information content (AvgIpc) is 2.62. The second kappa shape index (κ2) is 7.26. The maximum Gasteiger partial charge on any atom is 0.314 e. The molecule has 2 aromatic carbocycles. The summed E-state index contributed by atoms with van der Waals surface area (Å²) in [5, 5.41) is 9.79. The Kier molecular flexibility index (Phi) is 5.07. The van der Waals surface area contributed by atoms with Gasteiger partial charge in [0, 0.05) is 0 Å². The fourth-order valence-electron chi connectivity index (χ4n) is 3.70. The van der Waals surface area contributed by atoms with Crippen molar-refractivity contribution in [2.24, 2.45) is 0 Å². The van der Waals surface area contributed by atoms with Crippen LogP contribution in [0.15, 0.2) is 42.5 Å². The largest absolute Gasteiger partial charge is 0.486 e. The van der Waals surface area contributed by atoms with Crippen LogP contribution in [0.2, 0.25) is 0 Å². The van der Waals surface area contributed by atoms with Crippen molar-refractivity contribution < 1.29 is 19.0 Å². The molecule has 3 rings (SSSR count). The molecule has 2 aromatic rings. The third-order valence-corrected chi connectivity index (χ3v) is 5.12. The third-order valence-electron chi connectivity index (χ3n) is 5.12. The average molecular weight is 342 g/mol. The monoisotopic (exact) mass is 342 g/mol. The van der Waals surface area contributed by atoms with E-state index in [1.54, 1.807) is 13.0 Å². The van der Waals surface area contributed by atoms with Gasteiger partial charge in [-0.1, -0.05) is 55.7 Å². The Bertz CT molecular complexity index is 726. The molecule has 0 atom stereocenters. The summed E-state index contributed by atoms with van der Waals surface area (Å²) in [6.45, 7) is 2.05. The fraction of sp³-hybridized carbons (Fsp3) is 0.381. The first-order chi connectivity index (χ1) is 12.0. The van der Waals surface area contributed by atoms with Gasteiger partial charge in [-0.05, 0) is 42.5 Å². The number of benzene rings is 2. The van der Waals surface area contributed by atoms with Gasteiger partial charge in [-0.2, -0.15) is 0 Å². The number of hydrogen-bond donors (Lipinski definition) is 1. The van der Waals surface area contributed by atoms with Crippen LogP contribution in [0.4, 0.5) is 4.39 Å². The number of halogens is 1. The summed E-state index contributed by atoms with van der Waals surface area (Å²) in [7, 11) is 0. The number of aryl methyl sites for hydroxylation is 1. The fourth-order valence-corrected chi connectivity index (χ4v) is 3.70. The van der Waals surface area contributed by atoms with Crippen LogP contribution >= 0.6 is 0 Å². The van der Waals surface area contributed by atoms with Crippen molar-refractivity contribution in [1.29, 1.82) is 0 Å². The predicted molar refractivity (Wildman–Crippen MR) is 94.3 cm³/mol. The molecule has 1 N–H and O–H groups in total. The molecule has 0 spiro atoms. The third kappa shape index (κ3) is 3.53. The molecule has 1 aliphatic rings. The van der Waals surface area contributed by atoms with Gasteiger partial charge in [0.25, 0.3) is 0 Å². The van der Waals surface area contributed by atoms with Gasteiger partial charge in [0.15, 0.2) is 11.6 Å². The van der Waals surface area contributed by atoms with E-state index in [9.17, 15) is 14.3 Å². The molecule has 1 saturated carbocycles. The topological polar surface area (TPSA) is 46.5 Å². The molecule has 0 amide bonds. The number of carboxylic acid groups (broad SMARTS) is 1. The van der Waals surface area contributed by atoms with E-state index < -0.39 is 17.2 Å². The van der Waals surface area contributed by atoms with Crippen molar-refractivity contribution in [1.82, 2.24) is 0 Å².